The molecule has 0 bridgehead atoms. The molecule has 1 saturated carbocycles. The maximum atomic E-state index is 6.17. The smallest absolute Gasteiger partial charge is 0.236 e. The lowest BCUT2D eigenvalue weighted by molar-refractivity contribution is 0.229. The highest BCUT2D eigenvalue weighted by atomic mass is 35.5. The normalized spacial score (nSPS) is 16.1. The van der Waals surface area contributed by atoms with Gasteiger partial charge in [-0.25, -0.2) is 0 Å². The van der Waals surface area contributed by atoms with E-state index in [1.54, 1.807) is 11.8 Å². The van der Waals surface area contributed by atoms with Gasteiger partial charge in [0.05, 0.1) is 11.3 Å². The molecule has 2 N–H and O–H groups in total. The highest BCUT2D eigenvalue weighted by Crippen LogP contribution is 2.37. The molecule has 0 aliphatic heterocycles. The molecule has 3 rings (SSSR count). The van der Waals surface area contributed by atoms with Gasteiger partial charge in [0.1, 0.15) is 0 Å². The van der Waals surface area contributed by atoms with Gasteiger partial charge in [-0.15, -0.1) is 24.2 Å². The topological polar surface area (TPSA) is 64.9 Å². The summed E-state index contributed by atoms with van der Waals surface area (Å²) in [5.41, 5.74) is 7.05. The first-order valence-electron chi connectivity index (χ1n) is 6.60. The van der Waals surface area contributed by atoms with E-state index in [0.29, 0.717) is 17.5 Å². The maximum absolute atomic E-state index is 6.17. The van der Waals surface area contributed by atoms with E-state index in [9.17, 15) is 0 Å². The summed E-state index contributed by atoms with van der Waals surface area (Å²) in [4.78, 5) is 4.40. The van der Waals surface area contributed by atoms with Crippen LogP contribution in [0.3, 0.4) is 0 Å². The standard InChI is InChI=1S/C14H16ClN3OS.ClH/c15-11-4-2-10(3-5-11)8-20-9-12-17-13(18-19-12)14(16)6-1-7-14;/h2-5H,1,6-9,16H2;1H. The highest BCUT2D eigenvalue weighted by Gasteiger charge is 2.38. The monoisotopic (exact) mass is 345 g/mol. The van der Waals surface area contributed by atoms with Gasteiger partial charge in [-0.3, -0.25) is 0 Å². The minimum Gasteiger partial charge on any atom is -0.338 e. The van der Waals surface area contributed by atoms with Crippen molar-refractivity contribution in [2.45, 2.75) is 36.3 Å². The van der Waals surface area contributed by atoms with Crippen molar-refractivity contribution in [3.05, 3.63) is 46.6 Å². The molecule has 1 heterocycles. The third-order valence-corrected chi connectivity index (χ3v) is 4.81. The molecule has 21 heavy (non-hydrogen) atoms. The Morgan fingerprint density at radius 3 is 2.57 bits per heavy atom. The third kappa shape index (κ3) is 3.92. The zero-order chi connectivity index (χ0) is 14.0. The van der Waals surface area contributed by atoms with Crippen molar-refractivity contribution < 1.29 is 4.52 Å². The van der Waals surface area contributed by atoms with Crippen LogP contribution in [0.2, 0.25) is 5.02 Å². The van der Waals surface area contributed by atoms with E-state index in [2.05, 4.69) is 10.1 Å². The van der Waals surface area contributed by atoms with Crippen LogP contribution in [-0.2, 0) is 17.0 Å². The summed E-state index contributed by atoms with van der Waals surface area (Å²) >= 11 is 7.59. The predicted molar refractivity (Wildman–Crippen MR) is 87.7 cm³/mol. The fraction of sp³-hybridized carbons (Fsp3) is 0.429. The Bertz CT molecular complexity index is 584. The van der Waals surface area contributed by atoms with E-state index in [-0.39, 0.29) is 17.9 Å². The van der Waals surface area contributed by atoms with E-state index in [1.807, 2.05) is 24.3 Å². The van der Waals surface area contributed by atoms with Gasteiger partial charge in [-0.1, -0.05) is 28.9 Å². The molecule has 0 unspecified atom stereocenters. The van der Waals surface area contributed by atoms with Crippen LogP contribution in [0.25, 0.3) is 0 Å². The van der Waals surface area contributed by atoms with E-state index in [1.165, 1.54) is 5.56 Å². The molecule has 114 valence electrons. The van der Waals surface area contributed by atoms with Crippen LogP contribution in [0.1, 0.15) is 36.5 Å². The van der Waals surface area contributed by atoms with Gasteiger partial charge in [0, 0.05) is 10.8 Å². The minimum atomic E-state index is -0.345. The van der Waals surface area contributed by atoms with Crippen LogP contribution < -0.4 is 5.73 Å². The molecule has 1 aliphatic rings. The van der Waals surface area contributed by atoms with Crippen LogP contribution in [0.15, 0.2) is 28.8 Å². The van der Waals surface area contributed by atoms with E-state index in [0.717, 1.165) is 30.0 Å². The fourth-order valence-electron chi connectivity index (χ4n) is 2.13. The van der Waals surface area contributed by atoms with E-state index >= 15 is 0 Å². The maximum Gasteiger partial charge on any atom is 0.236 e. The Morgan fingerprint density at radius 1 is 1.24 bits per heavy atom. The number of rotatable bonds is 5. The van der Waals surface area contributed by atoms with Crippen molar-refractivity contribution in [3.63, 3.8) is 0 Å². The Kier molecular flexibility index (Phi) is 5.54. The lowest BCUT2D eigenvalue weighted by Crippen LogP contribution is -2.44. The molecule has 0 atom stereocenters. The summed E-state index contributed by atoms with van der Waals surface area (Å²) < 4.78 is 5.26. The van der Waals surface area contributed by atoms with Crippen LogP contribution in [0.5, 0.6) is 0 Å². The minimum absolute atomic E-state index is 0. The van der Waals surface area contributed by atoms with Crippen LogP contribution >= 0.6 is 35.8 Å². The third-order valence-electron chi connectivity index (χ3n) is 3.57. The molecule has 1 fully saturated rings. The molecular weight excluding hydrogens is 329 g/mol. The molecule has 1 aliphatic carbocycles. The van der Waals surface area contributed by atoms with Gasteiger partial charge >= 0.3 is 0 Å². The number of halogens is 2. The van der Waals surface area contributed by atoms with E-state index in [4.69, 9.17) is 21.9 Å². The Labute approximate surface area is 139 Å². The Morgan fingerprint density at radius 2 is 1.95 bits per heavy atom. The number of nitrogens with two attached hydrogens (primary N) is 1. The van der Waals surface area contributed by atoms with Crippen molar-refractivity contribution >= 4 is 35.8 Å². The number of hydrogen-bond donors (Lipinski definition) is 1. The van der Waals surface area contributed by atoms with Crippen molar-refractivity contribution in [2.24, 2.45) is 5.73 Å². The first-order valence-corrected chi connectivity index (χ1v) is 8.13. The van der Waals surface area contributed by atoms with Gasteiger partial charge in [0.2, 0.25) is 5.89 Å². The second-order valence-corrected chi connectivity index (χ2v) is 6.56. The van der Waals surface area contributed by atoms with Gasteiger partial charge < -0.3 is 10.3 Å². The van der Waals surface area contributed by atoms with Crippen molar-refractivity contribution in [1.29, 1.82) is 0 Å². The molecule has 0 radical (unpaired) electrons. The van der Waals surface area contributed by atoms with Gasteiger partial charge in [0.25, 0.3) is 0 Å². The zero-order valence-corrected chi connectivity index (χ0v) is 13.8. The van der Waals surface area contributed by atoms with Crippen LogP contribution in [0.4, 0.5) is 0 Å². The molecule has 1 aromatic carbocycles. The summed E-state index contributed by atoms with van der Waals surface area (Å²) in [6, 6.07) is 7.85. The van der Waals surface area contributed by atoms with Gasteiger partial charge in [0.15, 0.2) is 5.82 Å². The first-order chi connectivity index (χ1) is 9.66. The van der Waals surface area contributed by atoms with Crippen molar-refractivity contribution in [1.82, 2.24) is 10.1 Å². The molecule has 0 spiro atoms. The number of nitrogens with zero attached hydrogens (tertiary/aromatic N) is 2. The fourth-order valence-corrected chi connectivity index (χ4v) is 3.08. The Balaban J connectivity index is 0.00000161. The Hall–Kier alpha value is -0.750. The van der Waals surface area contributed by atoms with Gasteiger partial charge in [-0.05, 0) is 37.0 Å². The summed E-state index contributed by atoms with van der Waals surface area (Å²) in [6.07, 6.45) is 3.04. The summed E-state index contributed by atoms with van der Waals surface area (Å²) in [7, 11) is 0. The average Bonchev–Trinajstić information content (AvgIpc) is 2.87. The largest absolute Gasteiger partial charge is 0.338 e. The molecule has 7 heteroatoms. The van der Waals surface area contributed by atoms with Gasteiger partial charge in [-0.2, -0.15) is 4.98 Å². The number of thioether (sulfide) groups is 1. The number of hydrogen-bond acceptors (Lipinski definition) is 5. The lowest BCUT2D eigenvalue weighted by atomic mass is 9.77. The summed E-state index contributed by atoms with van der Waals surface area (Å²) in [5, 5.41) is 4.76. The molecule has 0 saturated heterocycles. The molecule has 1 aromatic heterocycles. The second-order valence-electron chi connectivity index (χ2n) is 5.14. The summed E-state index contributed by atoms with van der Waals surface area (Å²) in [5.74, 6) is 2.90. The number of aromatic nitrogens is 2. The molecule has 4 nitrogen and oxygen atoms in total. The molecule has 0 amide bonds. The van der Waals surface area contributed by atoms with Crippen LogP contribution in [-0.4, -0.2) is 10.1 Å². The van der Waals surface area contributed by atoms with E-state index < -0.39 is 0 Å². The number of benzene rings is 1. The summed E-state index contributed by atoms with van der Waals surface area (Å²) in [6.45, 7) is 0. The van der Waals surface area contributed by atoms with Crippen molar-refractivity contribution in [3.8, 4) is 0 Å². The predicted octanol–water partition coefficient (Wildman–Crippen LogP) is 3.92. The second kappa shape index (κ2) is 7.01. The van der Waals surface area contributed by atoms with Crippen LogP contribution in [0, 0.1) is 0 Å². The zero-order valence-electron chi connectivity index (χ0n) is 11.4. The quantitative estimate of drug-likeness (QED) is 0.889. The average molecular weight is 346 g/mol. The molecule has 2 aromatic rings. The highest BCUT2D eigenvalue weighted by molar-refractivity contribution is 7.97. The van der Waals surface area contributed by atoms with Crippen molar-refractivity contribution in [2.75, 3.05) is 0 Å². The SMILES string of the molecule is Cl.NC1(c2noc(CSCc3ccc(Cl)cc3)n2)CCC1. The first kappa shape index (κ1) is 16.6. The molecular formula is C14H17Cl2N3OS. The lowest BCUT2D eigenvalue weighted by Gasteiger charge is -2.34.